The number of alkyl halides is 4. The lowest BCUT2D eigenvalue weighted by Gasteiger charge is -2.15. The molecule has 1 aromatic rings. The number of aromatic nitrogens is 2. The van der Waals surface area contributed by atoms with Crippen LogP contribution in [0.1, 0.15) is 0 Å². The quantitative estimate of drug-likeness (QED) is 0.768. The van der Waals surface area contributed by atoms with Gasteiger partial charge in [-0.3, -0.25) is 4.68 Å². The Bertz CT molecular complexity index is 297. The standard InChI is InChI=1S/C7H9F4N3/c1-14-3-2-5(13-14)12-4-7(10,11)6(8)9/h2-3,6H,4H2,1H3,(H,12,13). The Balaban J connectivity index is 2.48. The van der Waals surface area contributed by atoms with Crippen LogP contribution in [-0.4, -0.2) is 28.7 Å². The second-order valence-corrected chi connectivity index (χ2v) is 2.79. The Morgan fingerprint density at radius 1 is 1.57 bits per heavy atom. The van der Waals surface area contributed by atoms with Crippen molar-refractivity contribution in [3.8, 4) is 0 Å². The first-order valence-corrected chi connectivity index (χ1v) is 3.81. The summed E-state index contributed by atoms with van der Waals surface area (Å²) in [4.78, 5) is 0. The average Bonchev–Trinajstić information content (AvgIpc) is 2.48. The number of aryl methyl sites for hydroxylation is 1. The fourth-order valence-electron chi connectivity index (χ4n) is 0.795. The van der Waals surface area contributed by atoms with Gasteiger partial charge in [0.25, 0.3) is 0 Å². The first-order chi connectivity index (χ1) is 6.42. The summed E-state index contributed by atoms with van der Waals surface area (Å²) in [5.74, 6) is -3.88. The normalized spacial score (nSPS) is 12.1. The minimum atomic E-state index is -4.03. The number of hydrogen-bond acceptors (Lipinski definition) is 2. The third-order valence-corrected chi connectivity index (χ3v) is 1.54. The van der Waals surface area contributed by atoms with Gasteiger partial charge in [0, 0.05) is 19.3 Å². The maximum absolute atomic E-state index is 12.4. The second kappa shape index (κ2) is 3.85. The van der Waals surface area contributed by atoms with Crippen molar-refractivity contribution >= 4 is 5.82 Å². The zero-order valence-electron chi connectivity index (χ0n) is 7.35. The molecule has 0 atom stereocenters. The zero-order valence-corrected chi connectivity index (χ0v) is 7.35. The molecule has 0 unspecified atom stereocenters. The highest BCUT2D eigenvalue weighted by Gasteiger charge is 2.40. The van der Waals surface area contributed by atoms with E-state index in [1.807, 2.05) is 0 Å². The van der Waals surface area contributed by atoms with Crippen molar-refractivity contribution < 1.29 is 17.6 Å². The molecule has 0 spiro atoms. The van der Waals surface area contributed by atoms with Gasteiger partial charge in [0.15, 0.2) is 0 Å². The molecule has 0 saturated heterocycles. The molecule has 1 rings (SSSR count). The summed E-state index contributed by atoms with van der Waals surface area (Å²) in [5, 5.41) is 5.83. The van der Waals surface area contributed by atoms with Crippen molar-refractivity contribution in [2.24, 2.45) is 7.05 Å². The summed E-state index contributed by atoms with van der Waals surface area (Å²) in [5.41, 5.74) is 0. The third-order valence-electron chi connectivity index (χ3n) is 1.54. The van der Waals surface area contributed by atoms with E-state index in [2.05, 4.69) is 10.4 Å². The van der Waals surface area contributed by atoms with Crippen molar-refractivity contribution in [3.05, 3.63) is 12.3 Å². The van der Waals surface area contributed by atoms with Crippen LogP contribution in [0.2, 0.25) is 0 Å². The van der Waals surface area contributed by atoms with Crippen LogP contribution >= 0.6 is 0 Å². The van der Waals surface area contributed by atoms with Gasteiger partial charge in [-0.15, -0.1) is 0 Å². The van der Waals surface area contributed by atoms with Crippen LogP contribution in [0, 0.1) is 0 Å². The highest BCUT2D eigenvalue weighted by atomic mass is 19.3. The van der Waals surface area contributed by atoms with E-state index < -0.39 is 18.9 Å². The Morgan fingerprint density at radius 2 is 2.21 bits per heavy atom. The summed E-state index contributed by atoms with van der Waals surface area (Å²) >= 11 is 0. The predicted octanol–water partition coefficient (Wildman–Crippen LogP) is 1.73. The number of hydrogen-bond donors (Lipinski definition) is 1. The molecule has 0 aromatic carbocycles. The Hall–Kier alpha value is -1.27. The minimum Gasteiger partial charge on any atom is -0.362 e. The first kappa shape index (κ1) is 10.8. The van der Waals surface area contributed by atoms with Crippen LogP contribution in [0.4, 0.5) is 23.4 Å². The molecule has 7 heteroatoms. The van der Waals surface area contributed by atoms with E-state index >= 15 is 0 Å². The topological polar surface area (TPSA) is 29.9 Å². The lowest BCUT2D eigenvalue weighted by Crippen LogP contribution is -2.34. The minimum absolute atomic E-state index is 0.146. The average molecular weight is 211 g/mol. The van der Waals surface area contributed by atoms with Crippen LogP contribution in [0.25, 0.3) is 0 Å². The Morgan fingerprint density at radius 3 is 2.64 bits per heavy atom. The molecule has 3 nitrogen and oxygen atoms in total. The van der Waals surface area contributed by atoms with E-state index in [9.17, 15) is 17.6 Å². The van der Waals surface area contributed by atoms with Gasteiger partial charge in [0.2, 0.25) is 0 Å². The summed E-state index contributed by atoms with van der Waals surface area (Å²) in [6.07, 6.45) is -2.15. The van der Waals surface area contributed by atoms with E-state index in [1.54, 1.807) is 7.05 Å². The highest BCUT2D eigenvalue weighted by Crippen LogP contribution is 2.22. The number of nitrogens with one attached hydrogen (secondary N) is 1. The van der Waals surface area contributed by atoms with Crippen molar-refractivity contribution in [2.45, 2.75) is 12.3 Å². The predicted molar refractivity (Wildman–Crippen MR) is 42.6 cm³/mol. The molecule has 0 amide bonds. The van der Waals surface area contributed by atoms with E-state index in [1.165, 1.54) is 16.9 Å². The molecule has 0 aliphatic rings. The fourth-order valence-corrected chi connectivity index (χ4v) is 0.795. The van der Waals surface area contributed by atoms with Gasteiger partial charge in [-0.1, -0.05) is 0 Å². The third kappa shape index (κ3) is 2.61. The molecule has 0 aliphatic heterocycles. The van der Waals surface area contributed by atoms with Crippen LogP contribution in [-0.2, 0) is 7.05 Å². The number of anilines is 1. The molecule has 1 aromatic heterocycles. The lowest BCUT2D eigenvalue weighted by molar-refractivity contribution is -0.117. The molecular formula is C7H9F4N3. The Labute approximate surface area is 77.7 Å². The van der Waals surface area contributed by atoms with E-state index in [4.69, 9.17) is 0 Å². The molecule has 0 aliphatic carbocycles. The highest BCUT2D eigenvalue weighted by molar-refractivity contribution is 5.32. The van der Waals surface area contributed by atoms with Crippen LogP contribution in [0.5, 0.6) is 0 Å². The van der Waals surface area contributed by atoms with Crippen LogP contribution in [0.15, 0.2) is 12.3 Å². The maximum Gasteiger partial charge on any atom is 0.324 e. The zero-order chi connectivity index (χ0) is 10.8. The number of rotatable bonds is 4. The first-order valence-electron chi connectivity index (χ1n) is 3.81. The van der Waals surface area contributed by atoms with Gasteiger partial charge >= 0.3 is 12.3 Å². The molecule has 0 fully saturated rings. The number of halogens is 4. The summed E-state index contributed by atoms with van der Waals surface area (Å²) in [7, 11) is 1.59. The molecule has 0 radical (unpaired) electrons. The van der Waals surface area contributed by atoms with Crippen LogP contribution in [0.3, 0.4) is 0 Å². The van der Waals surface area contributed by atoms with Crippen molar-refractivity contribution in [2.75, 3.05) is 11.9 Å². The van der Waals surface area contributed by atoms with Crippen LogP contribution < -0.4 is 5.32 Å². The summed E-state index contributed by atoms with van der Waals surface area (Å²) in [6, 6.07) is 1.42. The van der Waals surface area contributed by atoms with Crippen molar-refractivity contribution in [1.82, 2.24) is 9.78 Å². The van der Waals surface area contributed by atoms with Gasteiger partial charge in [-0.2, -0.15) is 13.9 Å². The molecule has 0 bridgehead atoms. The van der Waals surface area contributed by atoms with Gasteiger partial charge in [0.1, 0.15) is 5.82 Å². The van der Waals surface area contributed by atoms with E-state index in [0.29, 0.717) is 0 Å². The van der Waals surface area contributed by atoms with E-state index in [-0.39, 0.29) is 5.82 Å². The smallest absolute Gasteiger partial charge is 0.324 e. The SMILES string of the molecule is Cn1ccc(NCC(F)(F)C(F)F)n1. The van der Waals surface area contributed by atoms with Crippen molar-refractivity contribution in [1.29, 1.82) is 0 Å². The molecule has 1 heterocycles. The monoisotopic (exact) mass is 211 g/mol. The van der Waals surface area contributed by atoms with E-state index in [0.717, 1.165) is 0 Å². The van der Waals surface area contributed by atoms with Gasteiger partial charge < -0.3 is 5.32 Å². The van der Waals surface area contributed by atoms with Gasteiger partial charge in [-0.25, -0.2) is 8.78 Å². The number of nitrogens with zero attached hydrogens (tertiary/aromatic N) is 2. The molecular weight excluding hydrogens is 202 g/mol. The summed E-state index contributed by atoms with van der Waals surface area (Å²) in [6.45, 7) is -1.12. The largest absolute Gasteiger partial charge is 0.362 e. The second-order valence-electron chi connectivity index (χ2n) is 2.79. The Kier molecular flexibility index (Phi) is 2.97. The fraction of sp³-hybridized carbons (Fsp3) is 0.571. The molecule has 80 valence electrons. The maximum atomic E-state index is 12.4. The molecule has 1 N–H and O–H groups in total. The summed E-state index contributed by atoms with van der Waals surface area (Å²) < 4.78 is 49.6. The van der Waals surface area contributed by atoms with Gasteiger partial charge in [0.05, 0.1) is 6.54 Å². The lowest BCUT2D eigenvalue weighted by atomic mass is 10.3. The van der Waals surface area contributed by atoms with Crippen molar-refractivity contribution in [3.63, 3.8) is 0 Å². The molecule has 14 heavy (non-hydrogen) atoms. The van der Waals surface area contributed by atoms with Gasteiger partial charge in [-0.05, 0) is 0 Å². The molecule has 0 saturated carbocycles.